The van der Waals surface area contributed by atoms with Gasteiger partial charge < -0.3 is 40.3 Å². The van der Waals surface area contributed by atoms with Crippen LogP contribution in [0.2, 0.25) is 0 Å². The summed E-state index contributed by atoms with van der Waals surface area (Å²) in [5, 5.41) is 53.5. The van der Waals surface area contributed by atoms with Crippen LogP contribution in [0.5, 0.6) is 0 Å². The van der Waals surface area contributed by atoms with Crippen molar-refractivity contribution < 1.29 is 39.8 Å². The Morgan fingerprint density at radius 3 is 2.00 bits per heavy atom. The Balaban J connectivity index is 2.57. The van der Waals surface area contributed by atoms with Gasteiger partial charge >= 0.3 is 0 Å². The molecule has 9 nitrogen and oxygen atoms in total. The van der Waals surface area contributed by atoms with E-state index in [1.54, 1.807) is 6.08 Å². The van der Waals surface area contributed by atoms with Gasteiger partial charge in [0, 0.05) is 6.42 Å². The second kappa shape index (κ2) is 25.0. The Labute approximate surface area is 254 Å². The number of rotatable bonds is 25. The molecule has 0 radical (unpaired) electrons. The summed E-state index contributed by atoms with van der Waals surface area (Å²) in [5.41, 5.74) is 0. The maximum absolute atomic E-state index is 12.7. The lowest BCUT2D eigenvalue weighted by Crippen LogP contribution is -2.60. The number of aliphatic hydroxyl groups is 5. The predicted molar refractivity (Wildman–Crippen MR) is 166 cm³/mol. The number of hydrogen-bond acceptors (Lipinski definition) is 8. The van der Waals surface area contributed by atoms with E-state index in [0.29, 0.717) is 6.42 Å². The van der Waals surface area contributed by atoms with Crippen LogP contribution < -0.4 is 5.32 Å². The first kappa shape index (κ1) is 38.7. The van der Waals surface area contributed by atoms with Gasteiger partial charge in [-0.2, -0.15) is 0 Å². The van der Waals surface area contributed by atoms with Crippen molar-refractivity contribution in [2.24, 2.45) is 0 Å². The van der Waals surface area contributed by atoms with E-state index in [9.17, 15) is 30.3 Å². The Morgan fingerprint density at radius 1 is 0.786 bits per heavy atom. The zero-order valence-electron chi connectivity index (χ0n) is 26.2. The highest BCUT2D eigenvalue weighted by atomic mass is 16.7. The lowest BCUT2D eigenvalue weighted by Gasteiger charge is -2.40. The zero-order valence-corrected chi connectivity index (χ0v) is 26.2. The van der Waals surface area contributed by atoms with Gasteiger partial charge in [0.15, 0.2) is 6.29 Å². The van der Waals surface area contributed by atoms with Crippen molar-refractivity contribution in [1.82, 2.24) is 5.32 Å². The van der Waals surface area contributed by atoms with Gasteiger partial charge in [-0.1, -0.05) is 109 Å². The molecule has 0 aromatic rings. The van der Waals surface area contributed by atoms with Crippen LogP contribution in [0, 0.1) is 0 Å². The van der Waals surface area contributed by atoms with Crippen LogP contribution in [-0.2, 0) is 14.3 Å². The van der Waals surface area contributed by atoms with E-state index >= 15 is 0 Å². The first-order valence-corrected chi connectivity index (χ1v) is 16.6. The normalized spacial score (nSPS) is 24.4. The molecule has 0 aromatic carbocycles. The van der Waals surface area contributed by atoms with Crippen molar-refractivity contribution in [3.8, 4) is 0 Å². The van der Waals surface area contributed by atoms with E-state index in [0.717, 1.165) is 38.5 Å². The van der Waals surface area contributed by atoms with Gasteiger partial charge in [-0.05, 0) is 32.1 Å². The standard InChI is InChI=1S/C33H61NO8/c1-3-5-7-9-11-12-13-14-15-17-18-20-22-27(36)26(34-29(37)23-21-19-16-10-8-6-4-2)25-41-33-32(40)31(39)30(38)28(24-35)42-33/h14-15,20,22,26-28,30-33,35-36,38-40H,3-13,16-19,21,23-25H2,1-2H3,(H,34,37)/b15-14+,22-20+. The molecule has 1 saturated heterocycles. The molecule has 1 heterocycles. The van der Waals surface area contributed by atoms with Gasteiger partial charge in [-0.15, -0.1) is 0 Å². The van der Waals surface area contributed by atoms with Crippen LogP contribution in [-0.4, -0.2) is 87.5 Å². The third kappa shape index (κ3) is 17.1. The molecule has 42 heavy (non-hydrogen) atoms. The van der Waals surface area contributed by atoms with E-state index in [-0.39, 0.29) is 12.5 Å². The van der Waals surface area contributed by atoms with Gasteiger partial charge in [0.05, 0.1) is 25.4 Å². The van der Waals surface area contributed by atoms with E-state index in [2.05, 4.69) is 31.3 Å². The second-order valence-electron chi connectivity index (χ2n) is 11.6. The molecule has 0 spiro atoms. The number of carbonyl (C=O) groups excluding carboxylic acids is 1. The van der Waals surface area contributed by atoms with E-state index < -0.39 is 49.5 Å². The SMILES string of the molecule is CCCCCCCC/C=C/CC/C=C/C(O)C(COC1OC(CO)C(O)C(O)C1O)NC(=O)CCCCCCCCC. The van der Waals surface area contributed by atoms with Gasteiger partial charge in [-0.25, -0.2) is 0 Å². The van der Waals surface area contributed by atoms with E-state index in [1.165, 1.54) is 64.2 Å². The molecule has 1 aliphatic rings. The van der Waals surface area contributed by atoms with Gasteiger partial charge in [-0.3, -0.25) is 4.79 Å². The summed E-state index contributed by atoms with van der Waals surface area (Å²) in [6, 6.07) is -0.811. The molecular weight excluding hydrogens is 538 g/mol. The summed E-state index contributed by atoms with van der Waals surface area (Å²) < 4.78 is 11.1. The van der Waals surface area contributed by atoms with Crippen LogP contribution >= 0.6 is 0 Å². The van der Waals surface area contributed by atoms with E-state index in [4.69, 9.17) is 9.47 Å². The maximum atomic E-state index is 12.7. The molecule has 6 N–H and O–H groups in total. The first-order valence-electron chi connectivity index (χ1n) is 16.6. The number of nitrogens with one attached hydrogen (secondary N) is 1. The molecule has 1 rings (SSSR count). The van der Waals surface area contributed by atoms with Crippen molar-refractivity contribution >= 4 is 5.91 Å². The van der Waals surface area contributed by atoms with Crippen LogP contribution in [0.1, 0.15) is 123 Å². The molecule has 0 aliphatic carbocycles. The minimum atomic E-state index is -1.56. The number of allylic oxidation sites excluding steroid dienone is 3. The molecule has 1 fully saturated rings. The number of amides is 1. The van der Waals surface area contributed by atoms with Crippen molar-refractivity contribution in [2.75, 3.05) is 13.2 Å². The number of hydrogen-bond donors (Lipinski definition) is 6. The topological polar surface area (TPSA) is 149 Å². The van der Waals surface area contributed by atoms with Crippen LogP contribution in [0.4, 0.5) is 0 Å². The lowest BCUT2D eigenvalue weighted by molar-refractivity contribution is -0.302. The average Bonchev–Trinajstić information content (AvgIpc) is 2.98. The van der Waals surface area contributed by atoms with Gasteiger partial charge in [0.25, 0.3) is 0 Å². The Hall–Kier alpha value is -1.33. The quantitative estimate of drug-likeness (QED) is 0.0667. The smallest absolute Gasteiger partial charge is 0.220 e. The molecule has 7 unspecified atom stereocenters. The number of aliphatic hydroxyl groups excluding tert-OH is 5. The highest BCUT2D eigenvalue weighted by Crippen LogP contribution is 2.22. The monoisotopic (exact) mass is 599 g/mol. The summed E-state index contributed by atoms with van der Waals surface area (Å²) in [6.07, 6.45) is 18.2. The lowest BCUT2D eigenvalue weighted by atomic mass is 9.99. The van der Waals surface area contributed by atoms with Crippen LogP contribution in [0.15, 0.2) is 24.3 Å². The fourth-order valence-electron chi connectivity index (χ4n) is 4.99. The number of ether oxygens (including phenoxy) is 2. The highest BCUT2D eigenvalue weighted by molar-refractivity contribution is 5.76. The molecule has 0 aromatic heterocycles. The third-order valence-electron chi connectivity index (χ3n) is 7.78. The number of carbonyl (C=O) groups is 1. The molecule has 9 heteroatoms. The molecule has 246 valence electrons. The molecular formula is C33H61NO8. The van der Waals surface area contributed by atoms with Crippen molar-refractivity contribution in [1.29, 1.82) is 0 Å². The third-order valence-corrected chi connectivity index (χ3v) is 7.78. The first-order chi connectivity index (χ1) is 20.3. The largest absolute Gasteiger partial charge is 0.394 e. The Bertz CT molecular complexity index is 716. The van der Waals surface area contributed by atoms with Gasteiger partial charge in [0.2, 0.25) is 5.91 Å². The summed E-state index contributed by atoms with van der Waals surface area (Å²) >= 11 is 0. The molecule has 0 bridgehead atoms. The molecule has 1 aliphatic heterocycles. The fourth-order valence-corrected chi connectivity index (χ4v) is 4.99. The van der Waals surface area contributed by atoms with Crippen LogP contribution in [0.3, 0.4) is 0 Å². The van der Waals surface area contributed by atoms with Crippen molar-refractivity contribution in [3.05, 3.63) is 24.3 Å². The van der Waals surface area contributed by atoms with Gasteiger partial charge in [0.1, 0.15) is 24.4 Å². The summed E-state index contributed by atoms with van der Waals surface area (Å²) in [4.78, 5) is 12.7. The Kier molecular flexibility index (Phi) is 23.1. The molecule has 0 saturated carbocycles. The summed E-state index contributed by atoms with van der Waals surface area (Å²) in [7, 11) is 0. The highest BCUT2D eigenvalue weighted by Gasteiger charge is 2.44. The Morgan fingerprint density at radius 2 is 1.36 bits per heavy atom. The van der Waals surface area contributed by atoms with Crippen molar-refractivity contribution in [3.63, 3.8) is 0 Å². The van der Waals surface area contributed by atoms with Crippen LogP contribution in [0.25, 0.3) is 0 Å². The second-order valence-corrected chi connectivity index (χ2v) is 11.6. The zero-order chi connectivity index (χ0) is 31.0. The van der Waals surface area contributed by atoms with E-state index in [1.807, 2.05) is 6.08 Å². The van der Waals surface area contributed by atoms with Crippen molar-refractivity contribution in [2.45, 2.75) is 166 Å². The summed E-state index contributed by atoms with van der Waals surface area (Å²) in [5.74, 6) is -0.198. The number of unbranched alkanes of at least 4 members (excludes halogenated alkanes) is 13. The summed E-state index contributed by atoms with van der Waals surface area (Å²) in [6.45, 7) is 3.64. The minimum Gasteiger partial charge on any atom is -0.394 e. The maximum Gasteiger partial charge on any atom is 0.220 e. The molecule has 1 amide bonds. The fraction of sp³-hybridized carbons (Fsp3) is 0.848. The predicted octanol–water partition coefficient (Wildman–Crippen LogP) is 4.43. The minimum absolute atomic E-state index is 0.198. The average molecular weight is 600 g/mol. The molecule has 7 atom stereocenters.